The molecule has 0 spiro atoms. The van der Waals surface area contributed by atoms with E-state index in [0.717, 1.165) is 10.2 Å². The first kappa shape index (κ1) is 18.4. The van der Waals surface area contributed by atoms with Crippen LogP contribution in [0.2, 0.25) is 0 Å². The summed E-state index contributed by atoms with van der Waals surface area (Å²) in [6.45, 7) is -0.388. The predicted octanol–water partition coefficient (Wildman–Crippen LogP) is 3.55. The van der Waals surface area contributed by atoms with Crippen molar-refractivity contribution in [3.05, 3.63) is 58.7 Å². The van der Waals surface area contributed by atoms with Gasteiger partial charge in [-0.05, 0) is 42.3 Å². The molecule has 3 rings (SSSR count). The van der Waals surface area contributed by atoms with Crippen LogP contribution in [0.25, 0.3) is 10.9 Å². The summed E-state index contributed by atoms with van der Waals surface area (Å²) >= 11 is 3.42. The minimum Gasteiger partial charge on any atom is -0.384 e. The number of nitrogens with zero attached hydrogens (tertiary/aromatic N) is 2. The van der Waals surface area contributed by atoms with Crippen molar-refractivity contribution in [2.45, 2.75) is 0 Å². The number of pyridine rings is 1. The number of nitriles is 1. The van der Waals surface area contributed by atoms with Crippen LogP contribution in [0.4, 0.5) is 17.1 Å². The number of carbonyl (C=O) groups is 1. The number of hydrogen-bond donors (Lipinski definition) is 3. The molecule has 3 aromatic rings. The molecule has 3 N–H and O–H groups in total. The third-order valence-corrected chi connectivity index (χ3v) is 4.11. The molecule has 0 saturated heterocycles. The van der Waals surface area contributed by atoms with E-state index in [1.807, 2.05) is 24.3 Å². The lowest BCUT2D eigenvalue weighted by atomic mass is 10.1. The zero-order valence-corrected chi connectivity index (χ0v) is 15.5. The fraction of sp³-hybridized carbons (Fsp3) is 0.0500. The van der Waals surface area contributed by atoms with Crippen molar-refractivity contribution in [3.63, 3.8) is 0 Å². The quantitative estimate of drug-likeness (QED) is 0.562. The van der Waals surface area contributed by atoms with Crippen LogP contribution in [-0.2, 0) is 4.79 Å². The van der Waals surface area contributed by atoms with Crippen molar-refractivity contribution >= 4 is 49.8 Å². The number of nitrogens with one attached hydrogen (secondary N) is 2. The van der Waals surface area contributed by atoms with Crippen molar-refractivity contribution in [1.29, 1.82) is 5.26 Å². The number of fused-ring (bicyclic) bond motifs is 1. The SMILES string of the molecule is N#Cc1cnc2ccc(NC(=O)C#CCO)cc2c1Nc1cccc(Br)c1. The minimum absolute atomic E-state index is 0.381. The highest BCUT2D eigenvalue weighted by atomic mass is 79.9. The molecule has 0 bridgehead atoms. The summed E-state index contributed by atoms with van der Waals surface area (Å²) in [4.78, 5) is 16.1. The number of aliphatic hydroxyl groups is 1. The molecule has 27 heavy (non-hydrogen) atoms. The first-order valence-corrected chi connectivity index (χ1v) is 8.66. The Morgan fingerprint density at radius 2 is 2.07 bits per heavy atom. The predicted molar refractivity (Wildman–Crippen MR) is 107 cm³/mol. The monoisotopic (exact) mass is 420 g/mol. The van der Waals surface area contributed by atoms with Crippen LogP contribution in [0.3, 0.4) is 0 Å². The number of hydrogen-bond acceptors (Lipinski definition) is 5. The Bertz CT molecular complexity index is 1130. The molecule has 7 heteroatoms. The molecule has 0 unspecified atom stereocenters. The zero-order chi connectivity index (χ0) is 19.2. The molecule has 0 atom stereocenters. The zero-order valence-electron chi connectivity index (χ0n) is 14.0. The highest BCUT2D eigenvalue weighted by Crippen LogP contribution is 2.31. The third-order valence-electron chi connectivity index (χ3n) is 3.62. The first-order valence-electron chi connectivity index (χ1n) is 7.87. The minimum atomic E-state index is -0.533. The molecular formula is C20H13BrN4O2. The third kappa shape index (κ3) is 4.42. The highest BCUT2D eigenvalue weighted by molar-refractivity contribution is 9.10. The largest absolute Gasteiger partial charge is 0.384 e. The first-order chi connectivity index (χ1) is 13.1. The number of carbonyl (C=O) groups excluding carboxylic acids is 1. The fourth-order valence-corrected chi connectivity index (χ4v) is 2.88. The summed E-state index contributed by atoms with van der Waals surface area (Å²) in [5.41, 5.74) is 2.96. The Balaban J connectivity index is 2.05. The van der Waals surface area contributed by atoms with Gasteiger partial charge in [0, 0.05) is 27.4 Å². The van der Waals surface area contributed by atoms with E-state index in [9.17, 15) is 10.1 Å². The van der Waals surface area contributed by atoms with Crippen molar-refractivity contribution < 1.29 is 9.90 Å². The standard InChI is InChI=1S/C20H13BrN4O2/c21-14-3-1-4-15(9-14)25-20-13(11-22)12-23-18-7-6-16(10-17(18)20)24-19(27)5-2-8-26/h1,3-4,6-7,9-10,12,26H,8H2,(H,23,25)(H,24,27). The number of amides is 1. The van der Waals surface area contributed by atoms with Gasteiger partial charge in [0.1, 0.15) is 12.7 Å². The van der Waals surface area contributed by atoms with E-state index in [4.69, 9.17) is 5.11 Å². The van der Waals surface area contributed by atoms with Crippen LogP contribution in [0, 0.1) is 23.2 Å². The van der Waals surface area contributed by atoms with Crippen LogP contribution >= 0.6 is 15.9 Å². The van der Waals surface area contributed by atoms with Crippen LogP contribution in [0.15, 0.2) is 53.1 Å². The molecule has 0 aliphatic rings. The van der Waals surface area contributed by atoms with Crippen LogP contribution in [0.1, 0.15) is 5.56 Å². The summed E-state index contributed by atoms with van der Waals surface area (Å²) in [5.74, 6) is 4.03. The molecule has 1 aromatic heterocycles. The smallest absolute Gasteiger partial charge is 0.300 e. The number of aliphatic hydroxyl groups excluding tert-OH is 1. The number of rotatable bonds is 3. The van der Waals surface area contributed by atoms with E-state index in [-0.39, 0.29) is 6.61 Å². The van der Waals surface area contributed by atoms with Gasteiger partial charge in [-0.3, -0.25) is 9.78 Å². The average Bonchev–Trinajstić information content (AvgIpc) is 2.67. The van der Waals surface area contributed by atoms with E-state index in [1.165, 1.54) is 6.20 Å². The maximum atomic E-state index is 11.8. The Morgan fingerprint density at radius 3 is 2.81 bits per heavy atom. The van der Waals surface area contributed by atoms with Crippen LogP contribution in [-0.4, -0.2) is 22.6 Å². The van der Waals surface area contributed by atoms with E-state index in [2.05, 4.69) is 49.5 Å². The molecule has 2 aromatic carbocycles. The summed E-state index contributed by atoms with van der Waals surface area (Å²) in [5, 5.41) is 24.7. The van der Waals surface area contributed by atoms with Crippen LogP contribution < -0.4 is 10.6 Å². The van der Waals surface area contributed by atoms with Gasteiger partial charge >= 0.3 is 0 Å². The van der Waals surface area contributed by atoms with Crippen molar-refractivity contribution in [2.75, 3.05) is 17.2 Å². The molecule has 0 aliphatic carbocycles. The van der Waals surface area contributed by atoms with Crippen LogP contribution in [0.5, 0.6) is 0 Å². The van der Waals surface area contributed by atoms with Gasteiger partial charge in [0.25, 0.3) is 5.91 Å². The van der Waals surface area contributed by atoms with Gasteiger partial charge in [0.15, 0.2) is 0 Å². The van der Waals surface area contributed by atoms with Gasteiger partial charge in [-0.25, -0.2) is 0 Å². The lowest BCUT2D eigenvalue weighted by Crippen LogP contribution is -2.08. The molecule has 132 valence electrons. The van der Waals surface area contributed by atoms with Gasteiger partial charge < -0.3 is 15.7 Å². The maximum absolute atomic E-state index is 11.8. The van der Waals surface area contributed by atoms with Gasteiger partial charge in [-0.15, -0.1) is 0 Å². The normalized spacial score (nSPS) is 9.81. The average molecular weight is 421 g/mol. The van der Waals surface area contributed by atoms with Crippen molar-refractivity contribution in [3.8, 4) is 17.9 Å². The molecule has 0 fully saturated rings. The summed E-state index contributed by atoms with van der Waals surface area (Å²) in [7, 11) is 0. The second-order valence-corrected chi connectivity index (χ2v) is 6.36. The Morgan fingerprint density at radius 1 is 1.22 bits per heavy atom. The summed E-state index contributed by atoms with van der Waals surface area (Å²) in [6.07, 6.45) is 1.51. The molecule has 1 amide bonds. The Kier molecular flexibility index (Phi) is 5.68. The molecular weight excluding hydrogens is 408 g/mol. The molecule has 1 heterocycles. The number of benzene rings is 2. The van der Waals surface area contributed by atoms with Crippen molar-refractivity contribution in [1.82, 2.24) is 4.98 Å². The Labute approximate surface area is 164 Å². The molecule has 0 saturated carbocycles. The second kappa shape index (κ2) is 8.33. The molecule has 6 nitrogen and oxygen atoms in total. The van der Waals surface area contributed by atoms with Gasteiger partial charge in [-0.1, -0.05) is 27.9 Å². The fourth-order valence-electron chi connectivity index (χ4n) is 2.48. The number of halogens is 1. The molecule has 0 radical (unpaired) electrons. The topological polar surface area (TPSA) is 98.0 Å². The second-order valence-electron chi connectivity index (χ2n) is 5.44. The number of anilines is 3. The Hall–Kier alpha value is -3.39. The van der Waals surface area contributed by atoms with E-state index < -0.39 is 5.91 Å². The van der Waals surface area contributed by atoms with Gasteiger partial charge in [0.05, 0.1) is 16.8 Å². The summed E-state index contributed by atoms with van der Waals surface area (Å²) < 4.78 is 0.903. The van der Waals surface area contributed by atoms with E-state index in [0.29, 0.717) is 27.8 Å². The van der Waals surface area contributed by atoms with Crippen molar-refractivity contribution in [2.24, 2.45) is 0 Å². The van der Waals surface area contributed by atoms with Gasteiger partial charge in [0.2, 0.25) is 0 Å². The lowest BCUT2D eigenvalue weighted by Gasteiger charge is -2.13. The highest BCUT2D eigenvalue weighted by Gasteiger charge is 2.11. The summed E-state index contributed by atoms with van der Waals surface area (Å²) in [6, 6.07) is 14.9. The van der Waals surface area contributed by atoms with E-state index in [1.54, 1.807) is 18.2 Å². The van der Waals surface area contributed by atoms with E-state index >= 15 is 0 Å². The number of aromatic nitrogens is 1. The lowest BCUT2D eigenvalue weighted by molar-refractivity contribution is -0.111. The van der Waals surface area contributed by atoms with Gasteiger partial charge in [-0.2, -0.15) is 5.26 Å². The maximum Gasteiger partial charge on any atom is 0.300 e. The molecule has 0 aliphatic heterocycles.